The fraction of sp³-hybridized carbons (Fsp3) is 0.818. The van der Waals surface area contributed by atoms with Gasteiger partial charge in [0.1, 0.15) is 0 Å². The van der Waals surface area contributed by atoms with Crippen LogP contribution in [0.15, 0.2) is 11.9 Å². The minimum absolute atomic E-state index is 0.0457. The van der Waals surface area contributed by atoms with Crippen LogP contribution in [-0.2, 0) is 4.57 Å². The molecule has 2 nitrogen and oxygen atoms in total. The molecule has 0 radical (unpaired) electrons. The molecule has 0 aliphatic heterocycles. The van der Waals surface area contributed by atoms with E-state index in [4.69, 9.17) is 0 Å². The average molecular weight is 216 g/mol. The van der Waals surface area contributed by atoms with Crippen molar-refractivity contribution in [2.45, 2.75) is 57.5 Å². The van der Waals surface area contributed by atoms with Crippen LogP contribution in [0.5, 0.6) is 0 Å². The first-order valence-corrected chi connectivity index (χ1v) is 7.46. The van der Waals surface area contributed by atoms with Crippen LogP contribution in [-0.4, -0.2) is 10.6 Å². The Morgan fingerprint density at radius 2 is 2.00 bits per heavy atom. The monoisotopic (exact) mass is 216 g/mol. The van der Waals surface area contributed by atoms with Crippen molar-refractivity contribution in [3.63, 3.8) is 0 Å². The van der Waals surface area contributed by atoms with Crippen molar-refractivity contribution in [2.24, 2.45) is 0 Å². The third-order valence-corrected chi connectivity index (χ3v) is 5.07. The summed E-state index contributed by atoms with van der Waals surface area (Å²) in [5, 5.41) is 0. The summed E-state index contributed by atoms with van der Waals surface area (Å²) < 4.78 is 11.9. The minimum Gasteiger partial charge on any atom is -0.341 e. The first-order chi connectivity index (χ1) is 6.67. The fourth-order valence-electron chi connectivity index (χ4n) is 1.96. The Hall–Kier alpha value is -0.0700. The van der Waals surface area contributed by atoms with Gasteiger partial charge in [-0.05, 0) is 25.1 Å². The lowest BCUT2D eigenvalue weighted by Gasteiger charge is -2.24. The van der Waals surface area contributed by atoms with Crippen molar-refractivity contribution >= 4 is 7.37 Å². The van der Waals surface area contributed by atoms with Crippen LogP contribution in [0.1, 0.15) is 51.9 Å². The highest BCUT2D eigenvalue weighted by molar-refractivity contribution is 7.62. The molecule has 0 aromatic carbocycles. The average Bonchev–Trinajstić information content (AvgIpc) is 2.19. The predicted octanol–water partition coefficient (Wildman–Crippen LogP) is 3.90. The molecular formula is C11H21O2P. The molecule has 1 aliphatic rings. The molecule has 1 unspecified atom stereocenters. The van der Waals surface area contributed by atoms with Crippen molar-refractivity contribution in [3.8, 4) is 0 Å². The van der Waals surface area contributed by atoms with Gasteiger partial charge in [0.15, 0.2) is 0 Å². The molecule has 0 bridgehead atoms. The van der Waals surface area contributed by atoms with Crippen molar-refractivity contribution < 1.29 is 9.46 Å². The number of hydrogen-bond acceptors (Lipinski definition) is 1. The molecule has 1 rings (SSSR count). The van der Waals surface area contributed by atoms with Crippen LogP contribution in [0.3, 0.4) is 0 Å². The molecule has 1 fully saturated rings. The summed E-state index contributed by atoms with van der Waals surface area (Å²) in [6.07, 6.45) is 9.17. The van der Waals surface area contributed by atoms with E-state index in [2.05, 4.69) is 6.92 Å². The highest BCUT2D eigenvalue weighted by Crippen LogP contribution is 2.53. The van der Waals surface area contributed by atoms with Crippen LogP contribution in [0.4, 0.5) is 0 Å². The number of allylic oxidation sites excluding steroid dienone is 1. The molecular weight excluding hydrogens is 195 g/mol. The van der Waals surface area contributed by atoms with Gasteiger partial charge in [-0.2, -0.15) is 0 Å². The summed E-state index contributed by atoms with van der Waals surface area (Å²) in [5.41, 5.74) is 0.0457. The molecule has 1 saturated carbocycles. The van der Waals surface area contributed by atoms with Crippen molar-refractivity contribution in [3.05, 3.63) is 11.9 Å². The SMILES string of the molecule is CCCC=CP(=O)(O)C1CCCCC1. The first-order valence-electron chi connectivity index (χ1n) is 5.66. The number of unbranched alkanes of at least 4 members (excludes halogenated alkanes) is 1. The second-order valence-corrected chi connectivity index (χ2v) is 6.51. The molecule has 14 heavy (non-hydrogen) atoms. The Labute approximate surface area is 86.9 Å². The summed E-state index contributed by atoms with van der Waals surface area (Å²) in [6, 6.07) is 0. The zero-order valence-corrected chi connectivity index (χ0v) is 9.88. The van der Waals surface area contributed by atoms with Gasteiger partial charge in [-0.3, -0.25) is 4.57 Å². The fourth-order valence-corrected chi connectivity index (χ4v) is 3.76. The molecule has 0 heterocycles. The standard InChI is InChI=1S/C11H21O2P/c1-2-3-7-10-14(12,13)11-8-5-4-6-9-11/h7,10-11H,2-6,8-9H2,1H3,(H,12,13). The van der Waals surface area contributed by atoms with Crippen LogP contribution >= 0.6 is 7.37 Å². The third-order valence-electron chi connectivity index (χ3n) is 2.87. The molecule has 0 saturated heterocycles. The molecule has 3 heteroatoms. The van der Waals surface area contributed by atoms with E-state index in [0.717, 1.165) is 38.5 Å². The van der Waals surface area contributed by atoms with E-state index in [-0.39, 0.29) is 5.66 Å². The normalized spacial score (nSPS) is 23.9. The maximum Gasteiger partial charge on any atom is 0.225 e. The van der Waals surface area contributed by atoms with E-state index in [1.54, 1.807) is 5.82 Å². The molecule has 1 N–H and O–H groups in total. The highest BCUT2D eigenvalue weighted by Gasteiger charge is 2.29. The Balaban J connectivity index is 2.49. The highest BCUT2D eigenvalue weighted by atomic mass is 31.2. The van der Waals surface area contributed by atoms with Crippen LogP contribution in [0, 0.1) is 0 Å². The second kappa shape index (κ2) is 5.72. The van der Waals surface area contributed by atoms with Gasteiger partial charge in [-0.15, -0.1) is 0 Å². The maximum absolute atomic E-state index is 11.9. The molecule has 1 atom stereocenters. The van der Waals surface area contributed by atoms with Gasteiger partial charge < -0.3 is 4.89 Å². The Bertz CT molecular complexity index is 229. The quantitative estimate of drug-likeness (QED) is 0.723. The lowest BCUT2D eigenvalue weighted by atomic mass is 10.0. The Morgan fingerprint density at radius 1 is 1.36 bits per heavy atom. The summed E-state index contributed by atoms with van der Waals surface area (Å²) in [5.74, 6) is 1.58. The van der Waals surface area contributed by atoms with Crippen molar-refractivity contribution in [2.75, 3.05) is 0 Å². The number of hydrogen-bond donors (Lipinski definition) is 1. The summed E-state index contributed by atoms with van der Waals surface area (Å²) in [4.78, 5) is 9.83. The smallest absolute Gasteiger partial charge is 0.225 e. The third kappa shape index (κ3) is 3.59. The van der Waals surface area contributed by atoms with E-state index in [0.29, 0.717) is 0 Å². The van der Waals surface area contributed by atoms with E-state index < -0.39 is 7.37 Å². The molecule has 1 aliphatic carbocycles. The van der Waals surface area contributed by atoms with Crippen molar-refractivity contribution in [1.82, 2.24) is 0 Å². The Morgan fingerprint density at radius 3 is 2.57 bits per heavy atom. The zero-order chi connectivity index (χ0) is 10.4. The van der Waals surface area contributed by atoms with Gasteiger partial charge in [-0.1, -0.05) is 38.7 Å². The molecule has 0 spiro atoms. The Kier molecular flexibility index (Phi) is 4.91. The topological polar surface area (TPSA) is 37.3 Å². The predicted molar refractivity (Wildman–Crippen MR) is 60.7 cm³/mol. The maximum atomic E-state index is 11.9. The second-order valence-electron chi connectivity index (χ2n) is 4.14. The molecule has 82 valence electrons. The number of rotatable bonds is 4. The molecule has 0 amide bonds. The first kappa shape index (κ1) is 12.0. The van der Waals surface area contributed by atoms with Gasteiger partial charge in [0.25, 0.3) is 0 Å². The zero-order valence-electron chi connectivity index (χ0n) is 8.98. The van der Waals surface area contributed by atoms with Gasteiger partial charge in [-0.25, -0.2) is 0 Å². The molecule has 0 aromatic rings. The largest absolute Gasteiger partial charge is 0.341 e. The lowest BCUT2D eigenvalue weighted by Crippen LogP contribution is -2.11. The van der Waals surface area contributed by atoms with Gasteiger partial charge in [0.05, 0.1) is 0 Å². The lowest BCUT2D eigenvalue weighted by molar-refractivity contribution is 0.430. The van der Waals surface area contributed by atoms with E-state index in [9.17, 15) is 9.46 Å². The van der Waals surface area contributed by atoms with Crippen LogP contribution in [0.2, 0.25) is 0 Å². The molecule has 0 aromatic heterocycles. The van der Waals surface area contributed by atoms with Gasteiger partial charge in [0.2, 0.25) is 7.37 Å². The van der Waals surface area contributed by atoms with E-state index in [1.165, 1.54) is 6.42 Å². The summed E-state index contributed by atoms with van der Waals surface area (Å²) in [7, 11) is -2.98. The van der Waals surface area contributed by atoms with Crippen molar-refractivity contribution in [1.29, 1.82) is 0 Å². The van der Waals surface area contributed by atoms with Gasteiger partial charge in [0, 0.05) is 5.66 Å². The summed E-state index contributed by atoms with van der Waals surface area (Å²) >= 11 is 0. The van der Waals surface area contributed by atoms with Crippen LogP contribution < -0.4 is 0 Å². The minimum atomic E-state index is -2.98. The van der Waals surface area contributed by atoms with E-state index in [1.807, 2.05) is 6.08 Å². The van der Waals surface area contributed by atoms with E-state index >= 15 is 0 Å². The van der Waals surface area contributed by atoms with Crippen LogP contribution in [0.25, 0.3) is 0 Å². The summed E-state index contributed by atoms with van der Waals surface area (Å²) in [6.45, 7) is 2.08. The van der Waals surface area contributed by atoms with Gasteiger partial charge >= 0.3 is 0 Å².